The average Bonchev–Trinajstić information content (AvgIpc) is 2.82. The van der Waals surface area contributed by atoms with Crippen molar-refractivity contribution in [3.63, 3.8) is 0 Å². The van der Waals surface area contributed by atoms with Crippen LogP contribution in [0.1, 0.15) is 21.5 Å². The number of morpholine rings is 1. The lowest BCUT2D eigenvalue weighted by Gasteiger charge is -2.27. The second kappa shape index (κ2) is 10.9. The first-order valence-electron chi connectivity index (χ1n) is 10.0. The summed E-state index contributed by atoms with van der Waals surface area (Å²) in [6.07, 6.45) is 3.37. The minimum absolute atomic E-state index is 0.0189. The Morgan fingerprint density at radius 1 is 1.09 bits per heavy atom. The number of aromatic hydroxyl groups is 1. The number of hydrogen-bond acceptors (Lipinski definition) is 6. The van der Waals surface area contributed by atoms with Crippen LogP contribution in [0.25, 0.3) is 0 Å². The second-order valence-electron chi connectivity index (χ2n) is 6.95. The highest BCUT2D eigenvalue weighted by Gasteiger charge is 2.22. The van der Waals surface area contributed by atoms with Gasteiger partial charge >= 0.3 is 11.8 Å². The molecule has 0 aliphatic carbocycles. The molecule has 1 fully saturated rings. The van der Waals surface area contributed by atoms with Gasteiger partial charge in [0.05, 0.1) is 30.7 Å². The molecule has 9 nitrogen and oxygen atoms in total. The Balaban J connectivity index is 1.64. The number of anilines is 1. The number of amides is 3. The van der Waals surface area contributed by atoms with Crippen molar-refractivity contribution >= 4 is 29.6 Å². The number of nitrogens with zero attached hydrogens (tertiary/aromatic N) is 2. The quantitative estimate of drug-likeness (QED) is 0.275. The van der Waals surface area contributed by atoms with Crippen LogP contribution in [0.15, 0.2) is 60.2 Å². The Morgan fingerprint density at radius 3 is 2.59 bits per heavy atom. The summed E-state index contributed by atoms with van der Waals surface area (Å²) in [6, 6.07) is 11.6. The SMILES string of the molecule is C=CCc1cccc(/C=N\NC(=O)C(=O)Nc2ccccc2C(=O)N2CCOCC2)c1O. The Kier molecular flexibility index (Phi) is 7.71. The zero-order chi connectivity index (χ0) is 22.9. The fourth-order valence-electron chi connectivity index (χ4n) is 3.14. The molecule has 3 rings (SSSR count). The highest BCUT2D eigenvalue weighted by Crippen LogP contribution is 2.21. The summed E-state index contributed by atoms with van der Waals surface area (Å²) in [5, 5.41) is 16.4. The smallest absolute Gasteiger partial charge is 0.329 e. The summed E-state index contributed by atoms with van der Waals surface area (Å²) in [7, 11) is 0. The van der Waals surface area contributed by atoms with Crippen molar-refractivity contribution in [1.29, 1.82) is 0 Å². The molecule has 0 aromatic heterocycles. The molecule has 9 heteroatoms. The number of phenolic OH excluding ortho intramolecular Hbond substituents is 1. The molecule has 0 spiro atoms. The maximum absolute atomic E-state index is 12.8. The number of phenols is 1. The fraction of sp³-hybridized carbons (Fsp3) is 0.217. The third-order valence-corrected chi connectivity index (χ3v) is 4.79. The summed E-state index contributed by atoms with van der Waals surface area (Å²) in [5.74, 6) is -2.23. The van der Waals surface area contributed by atoms with Gasteiger partial charge in [-0.05, 0) is 30.2 Å². The normalized spacial score (nSPS) is 13.6. The summed E-state index contributed by atoms with van der Waals surface area (Å²) in [6.45, 7) is 5.45. The highest BCUT2D eigenvalue weighted by molar-refractivity contribution is 6.40. The number of carbonyl (C=O) groups is 3. The number of hydrogen-bond donors (Lipinski definition) is 3. The van der Waals surface area contributed by atoms with Gasteiger partial charge in [0, 0.05) is 18.7 Å². The van der Waals surface area contributed by atoms with E-state index in [1.807, 2.05) is 0 Å². The van der Waals surface area contributed by atoms with E-state index < -0.39 is 11.8 Å². The first-order valence-corrected chi connectivity index (χ1v) is 10.0. The van der Waals surface area contributed by atoms with Gasteiger partial charge in [-0.1, -0.05) is 30.3 Å². The van der Waals surface area contributed by atoms with E-state index in [9.17, 15) is 19.5 Å². The average molecular weight is 436 g/mol. The van der Waals surface area contributed by atoms with Crippen LogP contribution >= 0.6 is 0 Å². The zero-order valence-corrected chi connectivity index (χ0v) is 17.4. The predicted molar refractivity (Wildman–Crippen MR) is 120 cm³/mol. The molecular weight excluding hydrogens is 412 g/mol. The van der Waals surface area contributed by atoms with Gasteiger partial charge in [-0.15, -0.1) is 6.58 Å². The first-order chi connectivity index (χ1) is 15.5. The second-order valence-corrected chi connectivity index (χ2v) is 6.95. The predicted octanol–water partition coefficient (Wildman–Crippen LogP) is 1.68. The number of para-hydroxylation sites is 2. The van der Waals surface area contributed by atoms with Gasteiger partial charge in [0.25, 0.3) is 5.91 Å². The molecule has 1 heterocycles. The van der Waals surface area contributed by atoms with Crippen LogP contribution in [0, 0.1) is 0 Å². The van der Waals surface area contributed by atoms with E-state index in [0.29, 0.717) is 43.9 Å². The van der Waals surface area contributed by atoms with Crippen molar-refractivity contribution in [2.75, 3.05) is 31.6 Å². The molecule has 166 valence electrons. The number of allylic oxidation sites excluding steroid dienone is 1. The molecular formula is C23H24N4O5. The standard InChI is InChI=1S/C23H24N4O5/c1-2-6-16-7-5-8-17(20(16)28)15-24-26-22(30)21(29)25-19-10-4-3-9-18(19)23(31)27-11-13-32-14-12-27/h2-5,7-10,15,28H,1,6,11-14H2,(H,25,29)(H,26,30)/b24-15-. The topological polar surface area (TPSA) is 120 Å². The molecule has 32 heavy (non-hydrogen) atoms. The molecule has 0 unspecified atom stereocenters. The van der Waals surface area contributed by atoms with Gasteiger partial charge in [-0.3, -0.25) is 14.4 Å². The Labute approximate surface area is 185 Å². The monoisotopic (exact) mass is 436 g/mol. The van der Waals surface area contributed by atoms with Crippen LogP contribution in [-0.2, 0) is 20.7 Å². The summed E-state index contributed by atoms with van der Waals surface area (Å²) < 4.78 is 5.26. The van der Waals surface area contributed by atoms with Gasteiger partial charge in [0.2, 0.25) is 0 Å². The molecule has 2 aromatic carbocycles. The van der Waals surface area contributed by atoms with E-state index in [0.717, 1.165) is 0 Å². The fourth-order valence-corrected chi connectivity index (χ4v) is 3.14. The zero-order valence-electron chi connectivity index (χ0n) is 17.4. The van der Waals surface area contributed by atoms with Gasteiger partial charge < -0.3 is 20.1 Å². The van der Waals surface area contributed by atoms with Gasteiger partial charge in [0.1, 0.15) is 5.75 Å². The minimum atomic E-state index is -1.02. The van der Waals surface area contributed by atoms with Crippen LogP contribution in [0.4, 0.5) is 5.69 Å². The third kappa shape index (κ3) is 5.58. The number of rotatable bonds is 6. The third-order valence-electron chi connectivity index (χ3n) is 4.79. The molecule has 2 aromatic rings. The van der Waals surface area contributed by atoms with Crippen molar-refractivity contribution in [2.24, 2.45) is 5.10 Å². The van der Waals surface area contributed by atoms with Crippen LogP contribution in [-0.4, -0.2) is 60.2 Å². The molecule has 1 aliphatic heterocycles. The lowest BCUT2D eigenvalue weighted by molar-refractivity contribution is -0.136. The van der Waals surface area contributed by atoms with Crippen molar-refractivity contribution in [3.8, 4) is 5.75 Å². The Hall–Kier alpha value is -3.98. The van der Waals surface area contributed by atoms with Gasteiger partial charge in [-0.25, -0.2) is 5.43 Å². The summed E-state index contributed by atoms with van der Waals surface area (Å²) in [5.41, 5.74) is 3.67. The number of ether oxygens (including phenoxy) is 1. The molecule has 1 saturated heterocycles. The van der Waals surface area contributed by atoms with Crippen molar-refractivity contribution in [3.05, 3.63) is 71.8 Å². The molecule has 3 N–H and O–H groups in total. The van der Waals surface area contributed by atoms with Crippen molar-refractivity contribution in [2.45, 2.75) is 6.42 Å². The molecule has 0 saturated carbocycles. The molecule has 1 aliphatic rings. The lowest BCUT2D eigenvalue weighted by Crippen LogP contribution is -2.41. The Morgan fingerprint density at radius 2 is 1.84 bits per heavy atom. The molecule has 3 amide bonds. The highest BCUT2D eigenvalue weighted by atomic mass is 16.5. The number of carbonyl (C=O) groups excluding carboxylic acids is 3. The van der Waals surface area contributed by atoms with E-state index in [1.54, 1.807) is 53.4 Å². The lowest BCUT2D eigenvalue weighted by atomic mass is 10.1. The Bertz CT molecular complexity index is 1040. The van der Waals surface area contributed by atoms with Gasteiger partial charge in [-0.2, -0.15) is 5.10 Å². The molecule has 0 radical (unpaired) electrons. The number of hydrazone groups is 1. The maximum Gasteiger partial charge on any atom is 0.329 e. The van der Waals surface area contributed by atoms with Crippen molar-refractivity contribution in [1.82, 2.24) is 10.3 Å². The van der Waals surface area contributed by atoms with E-state index in [1.165, 1.54) is 6.21 Å². The van der Waals surface area contributed by atoms with Crippen LogP contribution < -0.4 is 10.7 Å². The molecule has 0 bridgehead atoms. The largest absolute Gasteiger partial charge is 0.507 e. The summed E-state index contributed by atoms with van der Waals surface area (Å²) >= 11 is 0. The van der Waals surface area contributed by atoms with E-state index in [-0.39, 0.29) is 22.9 Å². The maximum atomic E-state index is 12.8. The number of benzene rings is 2. The molecule has 0 atom stereocenters. The van der Waals surface area contributed by atoms with E-state index in [2.05, 4.69) is 22.4 Å². The van der Waals surface area contributed by atoms with Crippen molar-refractivity contribution < 1.29 is 24.2 Å². The van der Waals surface area contributed by atoms with E-state index >= 15 is 0 Å². The summed E-state index contributed by atoms with van der Waals surface area (Å²) in [4.78, 5) is 38.9. The van der Waals surface area contributed by atoms with Crippen LogP contribution in [0.5, 0.6) is 5.75 Å². The van der Waals surface area contributed by atoms with Crippen LogP contribution in [0.2, 0.25) is 0 Å². The first kappa shape index (κ1) is 22.7. The number of nitrogens with one attached hydrogen (secondary N) is 2. The van der Waals surface area contributed by atoms with Gasteiger partial charge in [0.15, 0.2) is 0 Å². The van der Waals surface area contributed by atoms with E-state index in [4.69, 9.17) is 4.74 Å². The minimum Gasteiger partial charge on any atom is -0.507 e. The van der Waals surface area contributed by atoms with Crippen LogP contribution in [0.3, 0.4) is 0 Å².